The fourth-order valence-corrected chi connectivity index (χ4v) is 28.1. The van der Waals surface area contributed by atoms with Gasteiger partial charge in [-0.05, 0) is 0 Å². The topological polar surface area (TPSA) is 13.1 Å². The van der Waals surface area contributed by atoms with Gasteiger partial charge >= 0.3 is 279 Å². The summed E-state index contributed by atoms with van der Waals surface area (Å²) in [6.45, 7) is 19.0. The maximum atomic E-state index is 6.50. The van der Waals surface area contributed by atoms with E-state index in [2.05, 4.69) is 152 Å². The Balaban J connectivity index is 0.00000217. The number of furan rings is 1. The number of rotatable bonds is 5. The molecule has 0 bridgehead atoms. The van der Waals surface area contributed by atoms with Gasteiger partial charge in [0.25, 0.3) is 0 Å². The van der Waals surface area contributed by atoms with E-state index in [4.69, 9.17) is 4.42 Å². The molecule has 2 unspecified atom stereocenters. The van der Waals surface area contributed by atoms with Crippen molar-refractivity contribution >= 4 is 48.0 Å². The van der Waals surface area contributed by atoms with E-state index in [1.54, 1.807) is 16.7 Å². The van der Waals surface area contributed by atoms with Crippen LogP contribution in [0.2, 0.25) is 13.1 Å². The van der Waals surface area contributed by atoms with Crippen molar-refractivity contribution in [3.8, 4) is 22.3 Å². The van der Waals surface area contributed by atoms with Gasteiger partial charge < -0.3 is 0 Å². The van der Waals surface area contributed by atoms with Crippen molar-refractivity contribution in [3.63, 3.8) is 0 Å². The SMILES string of the molecule is CC1=Cc2c(cc(C)c(C)c2-c2ccccc2)[CH]1[Zr]([CH]1C(c2ccc(C)o2)=Cc2c1cc(C)c(C)c2-c1ccccc1)=[Si](C)C.Cl.Cl. The minimum absolute atomic E-state index is 0. The van der Waals surface area contributed by atoms with Crippen molar-refractivity contribution < 1.29 is 24.8 Å². The van der Waals surface area contributed by atoms with Crippen molar-refractivity contribution in [2.24, 2.45) is 0 Å². The van der Waals surface area contributed by atoms with E-state index in [9.17, 15) is 0 Å². The summed E-state index contributed by atoms with van der Waals surface area (Å²) >= 11 is -2.39. The van der Waals surface area contributed by atoms with Crippen LogP contribution < -0.4 is 0 Å². The van der Waals surface area contributed by atoms with Gasteiger partial charge in [-0.15, -0.1) is 24.8 Å². The predicted octanol–water partition coefficient (Wildman–Crippen LogP) is 12.6. The van der Waals surface area contributed by atoms with Crippen LogP contribution in [0.1, 0.15) is 70.2 Å². The molecular formula is C42H44Cl2OSiZr. The first-order valence-electron chi connectivity index (χ1n) is 16.2. The standard InChI is InChI=1S/C22H19O.C18H17.C2H6Si.2ClH.Zr/c1-14-11-18-12-19(21-10-9-15(2)23-21)13-20(18)22(16(14)3)17-7-5-4-6-8-17;1-12-9-16-11-13(2)14(3)18(17(16)10-12)15-7-5-4-6-8-15;1-3-2;;;/h4-13H,1-3H3;4-11H,1-3H3;1-2H3;2*1H;. The van der Waals surface area contributed by atoms with Crippen molar-refractivity contribution in [1.29, 1.82) is 0 Å². The first kappa shape index (κ1) is 35.6. The molecule has 5 aromatic rings. The molecule has 0 saturated carbocycles. The maximum Gasteiger partial charge on any atom is -0.147 e. The molecule has 0 spiro atoms. The first-order chi connectivity index (χ1) is 21.7. The molecule has 0 N–H and O–H groups in total. The third kappa shape index (κ3) is 6.08. The van der Waals surface area contributed by atoms with E-state index >= 15 is 0 Å². The second kappa shape index (κ2) is 14.0. The monoisotopic (exact) mass is 752 g/mol. The third-order valence-electron chi connectivity index (χ3n) is 10.2. The van der Waals surface area contributed by atoms with Crippen molar-refractivity contribution in [2.45, 2.75) is 61.9 Å². The zero-order valence-corrected chi connectivity index (χ0v) is 33.7. The molecule has 4 aromatic carbocycles. The van der Waals surface area contributed by atoms with Gasteiger partial charge in [-0.2, -0.15) is 0 Å². The number of halogens is 2. The maximum absolute atomic E-state index is 6.50. The van der Waals surface area contributed by atoms with Crippen LogP contribution in [-0.2, 0) is 20.4 Å². The van der Waals surface area contributed by atoms with Crippen LogP contribution in [0.4, 0.5) is 0 Å². The summed E-state index contributed by atoms with van der Waals surface area (Å²) < 4.78 is 7.49. The predicted molar refractivity (Wildman–Crippen MR) is 205 cm³/mol. The molecule has 2 atom stereocenters. The van der Waals surface area contributed by atoms with Crippen LogP contribution in [0, 0.1) is 34.6 Å². The summed E-state index contributed by atoms with van der Waals surface area (Å²) in [5.74, 6) is 2.05. The van der Waals surface area contributed by atoms with Gasteiger partial charge in [0, 0.05) is 0 Å². The smallest absolute Gasteiger partial charge is 0.147 e. The van der Waals surface area contributed by atoms with Gasteiger partial charge in [-0.25, -0.2) is 0 Å². The molecule has 0 radical (unpaired) electrons. The summed E-state index contributed by atoms with van der Waals surface area (Å²) in [4.78, 5) is 0. The quantitative estimate of drug-likeness (QED) is 0.163. The normalized spacial score (nSPS) is 16.0. The largest absolute Gasteiger partial charge is 0.147 e. The van der Waals surface area contributed by atoms with Crippen molar-refractivity contribution in [1.82, 2.24) is 0 Å². The Labute approximate surface area is 301 Å². The Kier molecular flexibility index (Phi) is 10.6. The number of fused-ring (bicyclic) bond motifs is 2. The summed E-state index contributed by atoms with van der Waals surface area (Å²) in [6.07, 6.45) is 5.09. The molecule has 2 aliphatic carbocycles. The molecule has 0 amide bonds. The van der Waals surface area contributed by atoms with E-state index in [-0.39, 0.29) is 24.8 Å². The molecular weight excluding hydrogens is 711 g/mol. The zero-order valence-electron chi connectivity index (χ0n) is 28.6. The summed E-state index contributed by atoms with van der Waals surface area (Å²) in [7, 11) is 0. The Bertz CT molecular complexity index is 2080. The number of hydrogen-bond acceptors (Lipinski definition) is 1. The second-order valence-corrected chi connectivity index (χ2v) is 31.2. The van der Waals surface area contributed by atoms with Crippen molar-refractivity contribution in [2.75, 3.05) is 0 Å². The van der Waals surface area contributed by atoms with Crippen LogP contribution in [0.3, 0.4) is 0 Å². The summed E-state index contributed by atoms with van der Waals surface area (Å²) in [6, 6.07) is 31.6. The molecule has 2 aliphatic rings. The first-order valence-corrected chi connectivity index (χ1v) is 25.2. The molecule has 1 heterocycles. The van der Waals surface area contributed by atoms with E-state index < -0.39 is 25.8 Å². The average molecular weight is 755 g/mol. The number of aryl methyl sites for hydroxylation is 3. The Morgan fingerprint density at radius 3 is 1.55 bits per heavy atom. The van der Waals surface area contributed by atoms with Crippen LogP contribution >= 0.6 is 24.8 Å². The fraction of sp³-hybridized carbons (Fsp3) is 0.238. The molecule has 5 heteroatoms. The molecule has 0 fully saturated rings. The zero-order chi connectivity index (χ0) is 31.6. The van der Waals surface area contributed by atoms with Crippen LogP contribution in [-0.4, -0.2) is 5.43 Å². The molecule has 47 heavy (non-hydrogen) atoms. The number of allylic oxidation sites excluding steroid dienone is 2. The Hall–Kier alpha value is -2.68. The third-order valence-corrected chi connectivity index (χ3v) is 29.8. The van der Waals surface area contributed by atoms with Crippen molar-refractivity contribution in [3.05, 3.63) is 147 Å². The minimum atomic E-state index is -2.39. The molecule has 1 aromatic heterocycles. The Morgan fingerprint density at radius 1 is 0.596 bits per heavy atom. The minimum Gasteiger partial charge on any atom is -0.147 e. The molecule has 240 valence electrons. The Morgan fingerprint density at radius 2 is 1.09 bits per heavy atom. The summed E-state index contributed by atoms with van der Waals surface area (Å²) in [5, 5.41) is 0. The van der Waals surface area contributed by atoms with Crippen LogP contribution in [0.25, 0.3) is 40.0 Å². The van der Waals surface area contributed by atoms with Gasteiger partial charge in [-0.1, -0.05) is 0 Å². The van der Waals surface area contributed by atoms with Gasteiger partial charge in [-0.3, -0.25) is 0 Å². The van der Waals surface area contributed by atoms with Crippen LogP contribution in [0.5, 0.6) is 0 Å². The van der Waals surface area contributed by atoms with E-state index in [1.807, 2.05) is 0 Å². The van der Waals surface area contributed by atoms with Crippen LogP contribution in [0.15, 0.2) is 94.9 Å². The van der Waals surface area contributed by atoms with Gasteiger partial charge in [0.1, 0.15) is 0 Å². The van der Waals surface area contributed by atoms with E-state index in [0.717, 1.165) is 11.5 Å². The van der Waals surface area contributed by atoms with Gasteiger partial charge in [0.15, 0.2) is 0 Å². The van der Waals surface area contributed by atoms with E-state index in [1.165, 1.54) is 61.2 Å². The second-order valence-electron chi connectivity index (χ2n) is 13.3. The number of benzene rings is 4. The van der Waals surface area contributed by atoms with Gasteiger partial charge in [0.05, 0.1) is 0 Å². The van der Waals surface area contributed by atoms with E-state index in [0.29, 0.717) is 7.25 Å². The average Bonchev–Trinajstić information content (AvgIpc) is 3.71. The fourth-order valence-electron chi connectivity index (χ4n) is 7.93. The van der Waals surface area contributed by atoms with Gasteiger partial charge in [0.2, 0.25) is 0 Å². The molecule has 7 rings (SSSR count). The summed E-state index contributed by atoms with van der Waals surface area (Å²) in [5.41, 5.74) is 19.5. The molecule has 1 nitrogen and oxygen atoms in total. The molecule has 0 saturated heterocycles. The molecule has 0 aliphatic heterocycles. The number of hydrogen-bond donors (Lipinski definition) is 0.